The molecule has 0 aliphatic carbocycles. The highest BCUT2D eigenvalue weighted by atomic mass is 32.1. The molecule has 0 fully saturated rings. The molecule has 2 heterocycles. The molecule has 3 aromatic rings. The minimum atomic E-state index is -0.769. The number of methoxy groups -OCH3 is 1. The molecule has 0 amide bonds. The van der Waals surface area contributed by atoms with Crippen molar-refractivity contribution in [3.8, 4) is 23.0 Å². The van der Waals surface area contributed by atoms with E-state index in [4.69, 9.17) is 23.7 Å². The smallest absolute Gasteiger partial charge is 0.337 e. The van der Waals surface area contributed by atoms with Crippen LogP contribution in [0.2, 0.25) is 0 Å². The maximum absolute atomic E-state index is 13.8. The number of hydrogen-bond acceptors (Lipinski definition) is 9. The molecule has 0 N–H and O–H groups in total. The minimum absolute atomic E-state index is 0.232. The highest BCUT2D eigenvalue weighted by molar-refractivity contribution is 7.07. The second-order valence-corrected chi connectivity index (χ2v) is 9.50. The van der Waals surface area contributed by atoms with Crippen molar-refractivity contribution in [2.24, 2.45) is 4.99 Å². The third kappa shape index (κ3) is 5.96. The van der Waals surface area contributed by atoms with Crippen LogP contribution in [0.1, 0.15) is 37.9 Å². The summed E-state index contributed by atoms with van der Waals surface area (Å²) in [6, 6.07) is 10.1. The lowest BCUT2D eigenvalue weighted by molar-refractivity contribution is -0.136. The van der Waals surface area contributed by atoms with E-state index in [0.717, 1.165) is 5.56 Å². The molecule has 0 saturated heterocycles. The topological polar surface area (TPSA) is 97.6 Å². The Hall–Kier alpha value is -4.31. The molecular formula is C30H32N2O7S. The number of fused-ring (bicyclic) bond motifs is 1. The number of carbonyl (C=O) groups excluding carboxylic acids is 1. The van der Waals surface area contributed by atoms with Crippen LogP contribution >= 0.6 is 11.3 Å². The summed E-state index contributed by atoms with van der Waals surface area (Å²) in [5.41, 5.74) is 1.35. The molecule has 0 unspecified atom stereocenters. The molecule has 0 radical (unpaired) electrons. The fraction of sp³-hybridized carbons (Fsp3) is 0.300. The van der Waals surface area contributed by atoms with Crippen molar-refractivity contribution in [3.63, 3.8) is 0 Å². The lowest BCUT2D eigenvalue weighted by Crippen LogP contribution is -2.39. The van der Waals surface area contributed by atoms with Crippen LogP contribution < -0.4 is 33.8 Å². The summed E-state index contributed by atoms with van der Waals surface area (Å²) >= 11 is 1.23. The van der Waals surface area contributed by atoms with Gasteiger partial charge in [-0.05, 0) is 62.2 Å². The zero-order valence-corrected chi connectivity index (χ0v) is 23.8. The van der Waals surface area contributed by atoms with Crippen molar-refractivity contribution in [3.05, 3.63) is 91.6 Å². The largest absolute Gasteiger partial charge is 0.490 e. The van der Waals surface area contributed by atoms with Crippen molar-refractivity contribution in [1.29, 1.82) is 0 Å². The van der Waals surface area contributed by atoms with E-state index in [2.05, 4.69) is 11.6 Å². The summed E-state index contributed by atoms with van der Waals surface area (Å²) in [7, 11) is 1.30. The zero-order valence-electron chi connectivity index (χ0n) is 23.0. The van der Waals surface area contributed by atoms with E-state index < -0.39 is 12.0 Å². The third-order valence-electron chi connectivity index (χ3n) is 5.93. The Morgan fingerprint density at radius 3 is 2.30 bits per heavy atom. The number of thiazole rings is 1. The van der Waals surface area contributed by atoms with Crippen LogP contribution in [0, 0.1) is 0 Å². The van der Waals surface area contributed by atoms with Gasteiger partial charge < -0.3 is 23.7 Å². The number of aromatic nitrogens is 1. The number of ether oxygens (including phenoxy) is 5. The first-order chi connectivity index (χ1) is 19.4. The molecule has 210 valence electrons. The van der Waals surface area contributed by atoms with E-state index in [9.17, 15) is 9.59 Å². The van der Waals surface area contributed by atoms with Crippen LogP contribution in [0.3, 0.4) is 0 Å². The van der Waals surface area contributed by atoms with Gasteiger partial charge in [-0.3, -0.25) is 9.36 Å². The predicted molar refractivity (Wildman–Crippen MR) is 153 cm³/mol. The lowest BCUT2D eigenvalue weighted by atomic mass is 9.97. The first-order valence-electron chi connectivity index (χ1n) is 12.9. The van der Waals surface area contributed by atoms with Gasteiger partial charge in [0.05, 0.1) is 43.1 Å². The SMILES string of the molecule is C=CCOc1ccc(/C=c2\sc3n(c2=O)[C@@H](c2ccc(OCC)c(OCC)c2)C(C(=O)OC)=CN=3)cc1OCC. The molecule has 1 atom stereocenters. The molecule has 1 aliphatic heterocycles. The summed E-state index contributed by atoms with van der Waals surface area (Å²) in [6.45, 7) is 11.0. The molecule has 4 rings (SSSR count). The normalized spacial score (nSPS) is 14.4. The quantitative estimate of drug-likeness (QED) is 0.244. The summed E-state index contributed by atoms with van der Waals surface area (Å²) in [6.07, 6.45) is 4.89. The Balaban J connectivity index is 1.85. The fourth-order valence-corrected chi connectivity index (χ4v) is 5.26. The van der Waals surface area contributed by atoms with Gasteiger partial charge in [-0.1, -0.05) is 36.1 Å². The number of nitrogens with zero attached hydrogens (tertiary/aromatic N) is 2. The maximum atomic E-state index is 13.8. The van der Waals surface area contributed by atoms with Crippen molar-refractivity contribution >= 4 is 23.4 Å². The van der Waals surface area contributed by atoms with Gasteiger partial charge in [-0.15, -0.1) is 0 Å². The monoisotopic (exact) mass is 564 g/mol. The number of carbonyl (C=O) groups is 1. The van der Waals surface area contributed by atoms with Crippen LogP contribution in [0.4, 0.5) is 0 Å². The average molecular weight is 565 g/mol. The Kier molecular flexibility index (Phi) is 9.44. The summed E-state index contributed by atoms with van der Waals surface area (Å²) in [5, 5.41) is 0. The molecule has 1 aliphatic rings. The summed E-state index contributed by atoms with van der Waals surface area (Å²) in [4.78, 5) is 31.5. The Bertz CT molecular complexity index is 1600. The fourth-order valence-electron chi connectivity index (χ4n) is 4.29. The summed E-state index contributed by atoms with van der Waals surface area (Å²) < 4.78 is 29.9. The van der Waals surface area contributed by atoms with E-state index in [1.165, 1.54) is 29.2 Å². The van der Waals surface area contributed by atoms with Crippen molar-refractivity contribution < 1.29 is 28.5 Å². The highest BCUT2D eigenvalue weighted by Crippen LogP contribution is 2.35. The maximum Gasteiger partial charge on any atom is 0.337 e. The van der Waals surface area contributed by atoms with Crippen molar-refractivity contribution in [2.75, 3.05) is 33.5 Å². The van der Waals surface area contributed by atoms with Crippen LogP contribution in [-0.4, -0.2) is 44.1 Å². The van der Waals surface area contributed by atoms with Crippen molar-refractivity contribution in [1.82, 2.24) is 4.57 Å². The first kappa shape index (κ1) is 28.7. The Labute approximate surface area is 236 Å². The minimum Gasteiger partial charge on any atom is -0.490 e. The Morgan fingerprint density at radius 1 is 0.975 bits per heavy atom. The standard InChI is InChI=1S/C30H32N2O7S/c1-6-14-39-23-12-10-19(15-24(23)37-8-3)16-26-28(33)32-27(21(29(34)35-5)18-31-30(32)40-26)20-11-13-22(36-7-2)25(17-20)38-9-4/h6,10-13,15-18,27H,1,7-9,14H2,2-5H3/b26-16-/t27-/m0/s1. The van der Waals surface area contributed by atoms with Gasteiger partial charge in [0, 0.05) is 6.20 Å². The highest BCUT2D eigenvalue weighted by Gasteiger charge is 2.31. The molecule has 40 heavy (non-hydrogen) atoms. The van der Waals surface area contributed by atoms with Crippen LogP contribution in [0.25, 0.3) is 6.08 Å². The molecule has 10 heteroatoms. The number of rotatable bonds is 12. The molecule has 0 saturated carbocycles. The van der Waals surface area contributed by atoms with E-state index in [0.29, 0.717) is 64.3 Å². The molecular weight excluding hydrogens is 532 g/mol. The van der Waals surface area contributed by atoms with Gasteiger partial charge in [-0.2, -0.15) is 0 Å². The van der Waals surface area contributed by atoms with E-state index in [-0.39, 0.29) is 11.1 Å². The zero-order chi connectivity index (χ0) is 28.6. The average Bonchev–Trinajstić information content (AvgIpc) is 3.27. The number of benzene rings is 2. The van der Waals surface area contributed by atoms with Gasteiger partial charge in [0.1, 0.15) is 6.61 Å². The number of esters is 1. The van der Waals surface area contributed by atoms with Crippen LogP contribution in [0.5, 0.6) is 23.0 Å². The molecule has 2 aromatic carbocycles. The van der Waals surface area contributed by atoms with E-state index >= 15 is 0 Å². The second-order valence-electron chi connectivity index (χ2n) is 8.49. The number of hydrogen-bond donors (Lipinski definition) is 0. The Morgan fingerprint density at radius 2 is 1.62 bits per heavy atom. The van der Waals surface area contributed by atoms with Crippen molar-refractivity contribution in [2.45, 2.75) is 26.8 Å². The van der Waals surface area contributed by atoms with Crippen LogP contribution in [-0.2, 0) is 9.53 Å². The molecule has 0 bridgehead atoms. The van der Waals surface area contributed by atoms with E-state index in [1.807, 2.05) is 39.0 Å². The molecule has 1 aromatic heterocycles. The second kappa shape index (κ2) is 13.2. The first-order valence-corrected chi connectivity index (χ1v) is 13.8. The van der Waals surface area contributed by atoms with Gasteiger partial charge in [-0.25, -0.2) is 9.79 Å². The third-order valence-corrected chi connectivity index (χ3v) is 6.93. The van der Waals surface area contributed by atoms with Gasteiger partial charge >= 0.3 is 5.97 Å². The van der Waals surface area contributed by atoms with Crippen LogP contribution in [0.15, 0.2) is 70.6 Å². The van der Waals surface area contributed by atoms with Gasteiger partial charge in [0.25, 0.3) is 5.56 Å². The van der Waals surface area contributed by atoms with E-state index in [1.54, 1.807) is 30.4 Å². The van der Waals surface area contributed by atoms with Gasteiger partial charge in [0.2, 0.25) is 0 Å². The van der Waals surface area contributed by atoms with Gasteiger partial charge in [0.15, 0.2) is 27.8 Å². The lowest BCUT2D eigenvalue weighted by Gasteiger charge is -2.23. The molecule has 0 spiro atoms. The summed E-state index contributed by atoms with van der Waals surface area (Å²) in [5.74, 6) is 1.67. The molecule has 9 nitrogen and oxygen atoms in total. The predicted octanol–water partition coefficient (Wildman–Crippen LogP) is 3.78.